The van der Waals surface area contributed by atoms with Crippen molar-refractivity contribution >= 4 is 38.0 Å². The molecule has 0 saturated carbocycles. The maximum absolute atomic E-state index is 11.1. The van der Waals surface area contributed by atoms with Gasteiger partial charge in [0.25, 0.3) is 0 Å². The number of aromatic nitrogens is 1. The first kappa shape index (κ1) is 13.3. The molecular weight excluding hydrogens is 286 g/mol. The van der Waals surface area contributed by atoms with E-state index in [0.29, 0.717) is 15.7 Å². The molecule has 0 atom stereocenters. The first-order chi connectivity index (χ1) is 8.90. The normalized spacial score (nSPS) is 10.9. The predicted molar refractivity (Wildman–Crippen MR) is 72.3 cm³/mol. The molecule has 2 rings (SSSR count). The summed E-state index contributed by atoms with van der Waals surface area (Å²) in [5.74, 6) is 0.163. The highest BCUT2D eigenvalue weighted by molar-refractivity contribution is 7.89. The van der Waals surface area contributed by atoms with E-state index in [2.05, 4.69) is 10.3 Å². The number of anilines is 3. The molecule has 1 aromatic carbocycles. The number of hydrogen-bond acceptors (Lipinski definition) is 7. The number of thiazole rings is 1. The van der Waals surface area contributed by atoms with Gasteiger partial charge < -0.3 is 11.1 Å². The molecule has 0 spiro atoms. The summed E-state index contributed by atoms with van der Waals surface area (Å²) in [5, 5.41) is 17.1. The van der Waals surface area contributed by atoms with Gasteiger partial charge in [-0.3, -0.25) is 0 Å². The summed E-state index contributed by atoms with van der Waals surface area (Å²) in [5.41, 5.74) is 6.14. The second-order valence-electron chi connectivity index (χ2n) is 3.54. The van der Waals surface area contributed by atoms with Gasteiger partial charge in [0, 0.05) is 5.69 Å². The van der Waals surface area contributed by atoms with Gasteiger partial charge in [-0.1, -0.05) is 11.3 Å². The van der Waals surface area contributed by atoms with Crippen molar-refractivity contribution in [3.8, 4) is 6.07 Å². The Hall–Kier alpha value is -2.15. The van der Waals surface area contributed by atoms with Gasteiger partial charge in [0.2, 0.25) is 10.0 Å². The van der Waals surface area contributed by atoms with Gasteiger partial charge in [0.05, 0.1) is 4.90 Å². The van der Waals surface area contributed by atoms with E-state index in [9.17, 15) is 8.42 Å². The van der Waals surface area contributed by atoms with Crippen LogP contribution < -0.4 is 16.2 Å². The number of rotatable bonds is 3. The summed E-state index contributed by atoms with van der Waals surface area (Å²) in [6.07, 6.45) is 0. The number of hydrogen-bond donors (Lipinski definition) is 3. The van der Waals surface area contributed by atoms with Crippen LogP contribution in [-0.4, -0.2) is 13.4 Å². The molecule has 0 aliphatic heterocycles. The lowest BCUT2D eigenvalue weighted by atomic mass is 10.3. The fraction of sp³-hybridized carbons (Fsp3) is 0. The minimum Gasteiger partial charge on any atom is -0.382 e. The van der Waals surface area contributed by atoms with Crippen molar-refractivity contribution in [1.82, 2.24) is 4.98 Å². The summed E-state index contributed by atoms with van der Waals surface area (Å²) in [6, 6.07) is 7.77. The quantitative estimate of drug-likeness (QED) is 0.772. The molecule has 0 saturated heterocycles. The zero-order valence-corrected chi connectivity index (χ0v) is 11.1. The van der Waals surface area contributed by atoms with E-state index >= 15 is 0 Å². The Kier molecular flexibility index (Phi) is 3.39. The zero-order valence-electron chi connectivity index (χ0n) is 9.49. The standard InChI is InChI=1S/C10H9N5O2S2/c11-5-8-9(12)15-10(18-8)14-6-1-3-7(4-2-6)19(13,16)17/h1-4H,12H2,(H,14,15)(H2,13,16,17). The maximum Gasteiger partial charge on any atom is 0.238 e. The Balaban J connectivity index is 2.22. The Labute approximate surface area is 113 Å². The van der Waals surface area contributed by atoms with Crippen LogP contribution in [0.15, 0.2) is 29.2 Å². The molecule has 0 radical (unpaired) electrons. The van der Waals surface area contributed by atoms with Crippen LogP contribution in [0.4, 0.5) is 16.6 Å². The molecule has 0 unspecified atom stereocenters. The molecule has 0 bridgehead atoms. The monoisotopic (exact) mass is 295 g/mol. The maximum atomic E-state index is 11.1. The number of nitrogen functional groups attached to an aromatic ring is 1. The molecule has 1 aromatic heterocycles. The molecule has 9 heteroatoms. The first-order valence-corrected chi connectivity index (χ1v) is 7.33. The Morgan fingerprint density at radius 2 is 1.95 bits per heavy atom. The highest BCUT2D eigenvalue weighted by Crippen LogP contribution is 2.27. The average molecular weight is 295 g/mol. The molecule has 0 fully saturated rings. The van der Waals surface area contributed by atoms with Crippen LogP contribution in [0.5, 0.6) is 0 Å². The number of nitrogens with one attached hydrogen (secondary N) is 1. The third-order valence-corrected chi connectivity index (χ3v) is 4.01. The van der Waals surface area contributed by atoms with E-state index in [1.807, 2.05) is 6.07 Å². The SMILES string of the molecule is N#Cc1sc(Nc2ccc(S(N)(=O)=O)cc2)nc1N. The minimum absolute atomic E-state index is 0.0226. The second kappa shape index (κ2) is 4.85. The molecular formula is C10H9N5O2S2. The van der Waals surface area contributed by atoms with Crippen molar-refractivity contribution in [1.29, 1.82) is 5.26 Å². The van der Waals surface area contributed by atoms with Crippen LogP contribution in [0.3, 0.4) is 0 Å². The molecule has 5 N–H and O–H groups in total. The topological polar surface area (TPSA) is 135 Å². The van der Waals surface area contributed by atoms with Crippen molar-refractivity contribution < 1.29 is 8.42 Å². The number of primary sulfonamides is 1. The van der Waals surface area contributed by atoms with Crippen LogP contribution in [0, 0.1) is 11.3 Å². The summed E-state index contributed by atoms with van der Waals surface area (Å²) in [7, 11) is -3.70. The number of nitrogens with zero attached hydrogens (tertiary/aromatic N) is 2. The van der Waals surface area contributed by atoms with Crippen molar-refractivity contribution in [2.75, 3.05) is 11.1 Å². The van der Waals surface area contributed by atoms with Crippen LogP contribution in [-0.2, 0) is 10.0 Å². The Bertz CT molecular complexity index is 743. The van der Waals surface area contributed by atoms with Gasteiger partial charge in [0.1, 0.15) is 10.9 Å². The largest absolute Gasteiger partial charge is 0.382 e. The molecule has 19 heavy (non-hydrogen) atoms. The van der Waals surface area contributed by atoms with E-state index in [-0.39, 0.29) is 10.7 Å². The number of sulfonamides is 1. The lowest BCUT2D eigenvalue weighted by Crippen LogP contribution is -2.11. The van der Waals surface area contributed by atoms with E-state index in [1.54, 1.807) is 12.1 Å². The van der Waals surface area contributed by atoms with E-state index in [1.165, 1.54) is 12.1 Å². The number of benzene rings is 1. The molecule has 7 nitrogen and oxygen atoms in total. The van der Waals surface area contributed by atoms with Gasteiger partial charge in [-0.2, -0.15) is 5.26 Å². The Morgan fingerprint density at radius 1 is 1.32 bits per heavy atom. The zero-order chi connectivity index (χ0) is 14.0. The average Bonchev–Trinajstić information content (AvgIpc) is 2.69. The van der Waals surface area contributed by atoms with Gasteiger partial charge >= 0.3 is 0 Å². The third kappa shape index (κ3) is 3.00. The summed E-state index contributed by atoms with van der Waals surface area (Å²) in [4.78, 5) is 4.31. The lowest BCUT2D eigenvalue weighted by Gasteiger charge is -2.03. The number of nitriles is 1. The predicted octanol–water partition coefficient (Wildman–Crippen LogP) is 0.988. The fourth-order valence-electron chi connectivity index (χ4n) is 1.32. The minimum atomic E-state index is -3.70. The molecule has 98 valence electrons. The van der Waals surface area contributed by atoms with Crippen molar-refractivity contribution in [2.24, 2.45) is 5.14 Å². The molecule has 2 aromatic rings. The van der Waals surface area contributed by atoms with E-state index in [0.717, 1.165) is 11.3 Å². The van der Waals surface area contributed by atoms with Crippen molar-refractivity contribution in [2.45, 2.75) is 4.90 Å². The molecule has 0 amide bonds. The second-order valence-corrected chi connectivity index (χ2v) is 6.10. The van der Waals surface area contributed by atoms with E-state index < -0.39 is 10.0 Å². The molecule has 1 heterocycles. The summed E-state index contributed by atoms with van der Waals surface area (Å²) < 4.78 is 22.2. The van der Waals surface area contributed by atoms with Crippen LogP contribution in [0.1, 0.15) is 4.88 Å². The highest BCUT2D eigenvalue weighted by Gasteiger charge is 2.09. The fourth-order valence-corrected chi connectivity index (χ4v) is 2.53. The van der Waals surface area contributed by atoms with Crippen LogP contribution >= 0.6 is 11.3 Å². The van der Waals surface area contributed by atoms with E-state index in [4.69, 9.17) is 16.1 Å². The Morgan fingerprint density at radius 3 is 2.42 bits per heavy atom. The van der Waals surface area contributed by atoms with Crippen LogP contribution in [0.25, 0.3) is 0 Å². The van der Waals surface area contributed by atoms with Crippen molar-refractivity contribution in [3.63, 3.8) is 0 Å². The molecule has 0 aliphatic rings. The van der Waals surface area contributed by atoms with Crippen LogP contribution in [0.2, 0.25) is 0 Å². The summed E-state index contributed by atoms with van der Waals surface area (Å²) >= 11 is 1.11. The molecule has 0 aliphatic carbocycles. The van der Waals surface area contributed by atoms with Gasteiger partial charge in [-0.05, 0) is 24.3 Å². The van der Waals surface area contributed by atoms with Gasteiger partial charge in [-0.15, -0.1) is 0 Å². The third-order valence-electron chi connectivity index (χ3n) is 2.19. The lowest BCUT2D eigenvalue weighted by molar-refractivity contribution is 0.598. The number of nitrogens with two attached hydrogens (primary N) is 2. The smallest absolute Gasteiger partial charge is 0.238 e. The first-order valence-electron chi connectivity index (χ1n) is 4.96. The van der Waals surface area contributed by atoms with Gasteiger partial charge in [-0.25, -0.2) is 18.5 Å². The van der Waals surface area contributed by atoms with Gasteiger partial charge in [0.15, 0.2) is 10.9 Å². The summed E-state index contributed by atoms with van der Waals surface area (Å²) in [6.45, 7) is 0. The van der Waals surface area contributed by atoms with Crippen molar-refractivity contribution in [3.05, 3.63) is 29.1 Å². The highest BCUT2D eigenvalue weighted by atomic mass is 32.2.